The van der Waals surface area contributed by atoms with Gasteiger partial charge in [0.15, 0.2) is 0 Å². The van der Waals surface area contributed by atoms with Crippen LogP contribution in [0.15, 0.2) is 21.3 Å². The number of anilines is 2. The zero-order valence-electron chi connectivity index (χ0n) is 29.2. The van der Waals surface area contributed by atoms with Crippen LogP contribution in [0.5, 0.6) is 5.75 Å². The summed E-state index contributed by atoms with van der Waals surface area (Å²) in [6.07, 6.45) is 11.0. The molecule has 2 aromatic heterocycles. The standard InChI is InChI=1S/C15H14Cl2N2O3.C8H14ClN5.C3H8NO5P.C3H9S/c1-5-6-21-12-8-11(9(16)7-10(12)17)19-14(20)22-13(18-19)15(2,3)4;1-4-10-7-12-6(9)13-8(14-7)11-5(2)3;5-3(6)1-4-2-10(7,8)9;1-4(2)3/h1,7-8H,6H2,2-4H3;5H,4H2,1-3H3,(H2,10,11,12,13,14);4H,1-2H2,(H,5,6)(H2,7,8,9);1-3H3/q;;;+1/p-1. The molecule has 0 fully saturated rings. The first-order valence-electron chi connectivity index (χ1n) is 14.5. The molecule has 1 aromatic carbocycles. The predicted molar refractivity (Wildman–Crippen MR) is 198 cm³/mol. The van der Waals surface area contributed by atoms with Gasteiger partial charge in [0, 0.05) is 24.1 Å². The van der Waals surface area contributed by atoms with Crippen molar-refractivity contribution in [3.63, 3.8) is 0 Å². The number of aromatic nitrogens is 5. The fourth-order valence-corrected chi connectivity index (χ4v) is 3.93. The number of ether oxygens (including phenoxy) is 1. The number of halogens is 3. The lowest BCUT2D eigenvalue weighted by atomic mass is 9.97. The second kappa shape index (κ2) is 22.7. The summed E-state index contributed by atoms with van der Waals surface area (Å²) in [5, 5.41) is 20.9. The number of aliphatic carboxylic acids is 1. The lowest BCUT2D eigenvalue weighted by Gasteiger charge is -2.14. The van der Waals surface area contributed by atoms with Crippen LogP contribution in [-0.4, -0.2) is 91.5 Å². The molecule has 0 aliphatic heterocycles. The lowest BCUT2D eigenvalue weighted by molar-refractivity contribution is -0.193. The Balaban J connectivity index is 0.000000735. The molecule has 0 bridgehead atoms. The van der Waals surface area contributed by atoms with Gasteiger partial charge in [0.2, 0.25) is 23.1 Å². The van der Waals surface area contributed by atoms with Crippen molar-refractivity contribution in [2.75, 3.05) is 55.4 Å². The highest BCUT2D eigenvalue weighted by molar-refractivity contribution is 7.94. The molecule has 0 aliphatic carbocycles. The number of hydrogen-bond acceptors (Lipinski definition) is 13. The van der Waals surface area contributed by atoms with Crippen LogP contribution < -0.4 is 31.3 Å². The maximum absolute atomic E-state index is 12.0. The molecule has 280 valence electrons. The summed E-state index contributed by atoms with van der Waals surface area (Å²) in [6, 6.07) is 3.23. The summed E-state index contributed by atoms with van der Waals surface area (Å²) in [4.78, 5) is 51.8. The molecule has 0 radical (unpaired) electrons. The fourth-order valence-electron chi connectivity index (χ4n) is 2.86. The topological polar surface area (TPSA) is 230 Å². The minimum Gasteiger partial charge on any atom is -0.778 e. The average molecular weight is 802 g/mol. The minimum atomic E-state index is -4.35. The van der Waals surface area contributed by atoms with Crippen molar-refractivity contribution >= 4 is 71.2 Å². The molecule has 0 aliphatic rings. The number of carbonyl (C=O) groups is 1. The molecule has 1 unspecified atom stereocenters. The van der Waals surface area contributed by atoms with E-state index in [2.05, 4.69) is 55.4 Å². The van der Waals surface area contributed by atoms with Crippen molar-refractivity contribution in [1.82, 2.24) is 30.0 Å². The molecule has 1 atom stereocenters. The monoisotopic (exact) mass is 800 g/mol. The minimum absolute atomic E-state index is 0.0434. The molecular weight excluding hydrogens is 758 g/mol. The van der Waals surface area contributed by atoms with E-state index in [1.165, 1.54) is 12.1 Å². The Morgan fingerprint density at radius 2 is 1.74 bits per heavy atom. The van der Waals surface area contributed by atoms with Crippen LogP contribution >= 0.6 is 42.4 Å². The lowest BCUT2D eigenvalue weighted by Crippen LogP contribution is -2.25. The van der Waals surface area contributed by atoms with Crippen LogP contribution in [0.4, 0.5) is 11.9 Å². The second-order valence-electron chi connectivity index (χ2n) is 11.5. The number of rotatable bonds is 11. The maximum Gasteiger partial charge on any atom is 0.442 e. The third-order valence-corrected chi connectivity index (χ3v) is 6.07. The number of nitrogens with one attached hydrogen (secondary N) is 3. The largest absolute Gasteiger partial charge is 0.778 e. The van der Waals surface area contributed by atoms with Gasteiger partial charge in [0.25, 0.3) is 0 Å². The normalized spacial score (nSPS) is 11.8. The third kappa shape index (κ3) is 20.6. The number of carboxylic acid groups (broad SMARTS) is 1. The Hall–Kier alpha value is -3.07. The third-order valence-electron chi connectivity index (χ3n) is 4.68. The summed E-state index contributed by atoms with van der Waals surface area (Å²) in [6.45, 7) is 11.9. The zero-order chi connectivity index (χ0) is 38.8. The molecule has 0 amide bonds. The van der Waals surface area contributed by atoms with Crippen LogP contribution in [0.25, 0.3) is 5.69 Å². The van der Waals surface area contributed by atoms with E-state index in [0.717, 1.165) is 11.2 Å². The van der Waals surface area contributed by atoms with Gasteiger partial charge in [0.1, 0.15) is 20.0 Å². The van der Waals surface area contributed by atoms with Crippen molar-refractivity contribution in [2.24, 2.45) is 0 Å². The molecule has 0 saturated heterocycles. The highest BCUT2D eigenvalue weighted by Crippen LogP contribution is 2.33. The number of nitrogens with zero attached hydrogens (tertiary/aromatic N) is 5. The number of carboxylic acids is 1. The number of hydrogen-bond donors (Lipinski definition) is 5. The smallest absolute Gasteiger partial charge is 0.442 e. The molecule has 5 N–H and O–H groups in total. The Kier molecular flexibility index (Phi) is 21.3. The van der Waals surface area contributed by atoms with E-state index < -0.39 is 37.6 Å². The summed E-state index contributed by atoms with van der Waals surface area (Å²) in [5.74, 6) is 2.13. The molecule has 3 aromatic rings. The van der Waals surface area contributed by atoms with Crippen LogP contribution in [0, 0.1) is 12.3 Å². The number of benzene rings is 1. The van der Waals surface area contributed by atoms with Crippen molar-refractivity contribution in [1.29, 1.82) is 0 Å². The predicted octanol–water partition coefficient (Wildman–Crippen LogP) is 3.88. The SMILES string of the molecule is C#CCOc1cc(-n2nc(C(C)(C)C)oc2=O)c(Cl)cc1Cl.CCNc1nc(Cl)nc(NC(C)C)n1.C[S+](C)C.O=C(O)CNCP(=O)([O-])O. The molecule has 3 rings (SSSR count). The molecule has 21 heteroatoms. The van der Waals surface area contributed by atoms with Crippen molar-refractivity contribution < 1.29 is 33.4 Å². The molecular formula is C29H44Cl3N8O8PS. The van der Waals surface area contributed by atoms with Gasteiger partial charge in [-0.05, 0) is 49.3 Å². The van der Waals surface area contributed by atoms with Gasteiger partial charge < -0.3 is 39.2 Å². The number of terminal acetylenes is 1. The van der Waals surface area contributed by atoms with Crippen LogP contribution in [0.1, 0.15) is 47.4 Å². The van der Waals surface area contributed by atoms with E-state index in [9.17, 15) is 19.0 Å². The summed E-state index contributed by atoms with van der Waals surface area (Å²) in [5.41, 5.74) is -0.103. The second-order valence-corrected chi connectivity index (χ2v) is 16.7. The van der Waals surface area contributed by atoms with Crippen LogP contribution in [0.3, 0.4) is 0 Å². The first-order valence-corrected chi connectivity index (χ1v) is 19.9. The van der Waals surface area contributed by atoms with E-state index in [-0.39, 0.29) is 28.0 Å². The van der Waals surface area contributed by atoms with Gasteiger partial charge in [-0.25, -0.2) is 4.79 Å². The van der Waals surface area contributed by atoms with E-state index in [4.69, 9.17) is 60.4 Å². The molecule has 50 heavy (non-hydrogen) atoms. The van der Waals surface area contributed by atoms with Gasteiger partial charge >= 0.3 is 11.7 Å². The fraction of sp³-hybridized carbons (Fsp3) is 0.517. The molecule has 16 nitrogen and oxygen atoms in total. The Morgan fingerprint density at radius 1 is 1.16 bits per heavy atom. The van der Waals surface area contributed by atoms with Crippen LogP contribution in [0.2, 0.25) is 15.3 Å². The Morgan fingerprint density at radius 3 is 2.20 bits per heavy atom. The van der Waals surface area contributed by atoms with Crippen molar-refractivity contribution in [3.05, 3.63) is 43.9 Å². The molecule has 0 saturated carbocycles. The highest BCUT2D eigenvalue weighted by Gasteiger charge is 2.24. The quantitative estimate of drug-likeness (QED) is 0.105. The van der Waals surface area contributed by atoms with Gasteiger partial charge in [-0.15, -0.1) is 11.5 Å². The summed E-state index contributed by atoms with van der Waals surface area (Å²) >= 11 is 17.9. The highest BCUT2D eigenvalue weighted by atomic mass is 35.5. The molecule has 0 spiro atoms. The zero-order valence-corrected chi connectivity index (χ0v) is 33.2. The van der Waals surface area contributed by atoms with Gasteiger partial charge in [-0.2, -0.15) is 19.6 Å². The van der Waals surface area contributed by atoms with Crippen molar-refractivity contribution in [3.8, 4) is 23.8 Å². The van der Waals surface area contributed by atoms with Gasteiger partial charge in [0.05, 0.1) is 47.3 Å². The molecule has 2 heterocycles. The summed E-state index contributed by atoms with van der Waals surface area (Å²) in [7, 11) is -3.71. The van der Waals surface area contributed by atoms with Crippen molar-refractivity contribution in [2.45, 2.75) is 53.0 Å². The van der Waals surface area contributed by atoms with Gasteiger partial charge in [-0.1, -0.05) is 49.9 Å². The first kappa shape index (κ1) is 46.9. The van der Waals surface area contributed by atoms with E-state index in [1.54, 1.807) is 0 Å². The average Bonchev–Trinajstić information content (AvgIpc) is 3.33. The van der Waals surface area contributed by atoms with E-state index in [0.29, 0.717) is 40.1 Å². The van der Waals surface area contributed by atoms with E-state index >= 15 is 0 Å². The Labute approximate surface area is 309 Å². The van der Waals surface area contributed by atoms with E-state index in [1.807, 2.05) is 46.9 Å². The van der Waals surface area contributed by atoms with Gasteiger partial charge in [-0.3, -0.25) is 10.1 Å². The summed E-state index contributed by atoms with van der Waals surface area (Å²) < 4.78 is 21.5. The maximum atomic E-state index is 12.0. The van der Waals surface area contributed by atoms with Crippen LogP contribution in [-0.2, 0) is 25.7 Å². The Bertz CT molecular complexity index is 1650. The first-order chi connectivity index (χ1) is 23.0.